The number of halogens is 1. The minimum atomic E-state index is 0.126. The van der Waals surface area contributed by atoms with Crippen molar-refractivity contribution in [2.45, 2.75) is 49.4 Å². The third-order valence-electron chi connectivity index (χ3n) is 6.42. The second-order valence-electron chi connectivity index (χ2n) is 7.46. The van der Waals surface area contributed by atoms with Crippen molar-refractivity contribution in [2.75, 3.05) is 27.2 Å². The Hall–Kier alpha value is -0.0900. The molecule has 0 aromatic carbocycles. The molecule has 0 aromatic rings. The molecule has 2 saturated heterocycles. The highest BCUT2D eigenvalue weighted by molar-refractivity contribution is 6.21. The van der Waals surface area contributed by atoms with Crippen molar-refractivity contribution in [1.82, 2.24) is 4.90 Å². The Labute approximate surface area is 132 Å². The standard InChI is InChI=1S/C17H26ClNO2/c1-19-8-7-17-6-5-12(18)9-14(17)21-16-13(20-2)4-3-11(10-19)15(16)17/h5-6,11-16H,3-4,7-10H2,1-2H3/t11?,12-,13?,14?,15?,16?,17+/m1/s1. The highest BCUT2D eigenvalue weighted by atomic mass is 35.5. The van der Waals surface area contributed by atoms with Crippen LogP contribution in [0.5, 0.6) is 0 Å². The van der Waals surface area contributed by atoms with E-state index < -0.39 is 0 Å². The van der Waals surface area contributed by atoms with E-state index in [1.807, 2.05) is 7.11 Å². The fraction of sp³-hybridized carbons (Fsp3) is 0.882. The van der Waals surface area contributed by atoms with Crippen LogP contribution in [-0.4, -0.2) is 55.8 Å². The molecule has 7 atom stereocenters. The molecule has 1 saturated carbocycles. The topological polar surface area (TPSA) is 21.7 Å². The fourth-order valence-electron chi connectivity index (χ4n) is 5.47. The van der Waals surface area contributed by atoms with Crippen molar-refractivity contribution in [3.05, 3.63) is 12.2 Å². The van der Waals surface area contributed by atoms with Gasteiger partial charge in [0.2, 0.25) is 0 Å². The van der Waals surface area contributed by atoms with Crippen LogP contribution in [0.25, 0.3) is 0 Å². The smallest absolute Gasteiger partial charge is 0.0881 e. The molecule has 5 unspecified atom stereocenters. The van der Waals surface area contributed by atoms with Crippen molar-refractivity contribution in [3.8, 4) is 0 Å². The third-order valence-corrected chi connectivity index (χ3v) is 6.75. The van der Waals surface area contributed by atoms with Crippen LogP contribution in [0.2, 0.25) is 0 Å². The zero-order chi connectivity index (χ0) is 14.6. The van der Waals surface area contributed by atoms with Gasteiger partial charge in [0.25, 0.3) is 0 Å². The predicted octanol–water partition coefficient (Wildman–Crippen LogP) is 2.68. The van der Waals surface area contributed by atoms with Gasteiger partial charge in [0.15, 0.2) is 0 Å². The van der Waals surface area contributed by atoms with E-state index in [-0.39, 0.29) is 29.1 Å². The summed E-state index contributed by atoms with van der Waals surface area (Å²) in [7, 11) is 4.11. The summed E-state index contributed by atoms with van der Waals surface area (Å²) in [6, 6.07) is 0. The maximum Gasteiger partial charge on any atom is 0.0881 e. The number of hydrogen-bond donors (Lipinski definition) is 0. The van der Waals surface area contributed by atoms with Gasteiger partial charge in [0.1, 0.15) is 0 Å². The van der Waals surface area contributed by atoms with Gasteiger partial charge in [0, 0.05) is 25.0 Å². The maximum absolute atomic E-state index is 6.56. The number of ether oxygens (including phenoxy) is 2. The Balaban J connectivity index is 1.76. The molecule has 3 fully saturated rings. The van der Waals surface area contributed by atoms with Crippen molar-refractivity contribution >= 4 is 11.6 Å². The van der Waals surface area contributed by atoms with E-state index in [2.05, 4.69) is 24.1 Å². The van der Waals surface area contributed by atoms with Crippen LogP contribution in [0.1, 0.15) is 25.7 Å². The number of hydrogen-bond acceptors (Lipinski definition) is 3. The molecular weight excluding hydrogens is 286 g/mol. The van der Waals surface area contributed by atoms with Gasteiger partial charge in [0.05, 0.1) is 23.7 Å². The molecule has 2 aliphatic carbocycles. The number of alkyl halides is 1. The average Bonchev–Trinajstić information content (AvgIpc) is 2.72. The Morgan fingerprint density at radius 2 is 2.24 bits per heavy atom. The van der Waals surface area contributed by atoms with Crippen LogP contribution >= 0.6 is 11.6 Å². The predicted molar refractivity (Wildman–Crippen MR) is 83.6 cm³/mol. The van der Waals surface area contributed by atoms with E-state index in [4.69, 9.17) is 21.1 Å². The molecule has 2 heterocycles. The van der Waals surface area contributed by atoms with Crippen LogP contribution in [0, 0.1) is 17.3 Å². The molecule has 0 N–H and O–H groups in total. The van der Waals surface area contributed by atoms with E-state index in [0.29, 0.717) is 5.92 Å². The van der Waals surface area contributed by atoms with Crippen molar-refractivity contribution in [1.29, 1.82) is 0 Å². The second-order valence-corrected chi connectivity index (χ2v) is 8.02. The van der Waals surface area contributed by atoms with Crippen LogP contribution < -0.4 is 0 Å². The maximum atomic E-state index is 6.56. The number of rotatable bonds is 1. The van der Waals surface area contributed by atoms with Gasteiger partial charge >= 0.3 is 0 Å². The number of allylic oxidation sites excluding steroid dienone is 1. The lowest BCUT2D eigenvalue weighted by Crippen LogP contribution is -2.48. The summed E-state index contributed by atoms with van der Waals surface area (Å²) < 4.78 is 12.3. The lowest BCUT2D eigenvalue weighted by atomic mass is 9.59. The minimum absolute atomic E-state index is 0.126. The first-order chi connectivity index (χ1) is 10.1. The summed E-state index contributed by atoms with van der Waals surface area (Å²) in [4.78, 5) is 2.51. The molecule has 0 amide bonds. The molecule has 0 aromatic heterocycles. The number of likely N-dealkylation sites (tertiary alicyclic amines) is 1. The molecule has 4 heteroatoms. The quantitative estimate of drug-likeness (QED) is 0.549. The average molecular weight is 312 g/mol. The van der Waals surface area contributed by atoms with Gasteiger partial charge in [-0.3, -0.25) is 0 Å². The molecule has 3 nitrogen and oxygen atoms in total. The molecule has 0 bridgehead atoms. The number of methoxy groups -OCH3 is 1. The molecule has 4 aliphatic rings. The van der Waals surface area contributed by atoms with Crippen LogP contribution in [0.3, 0.4) is 0 Å². The van der Waals surface area contributed by atoms with Crippen LogP contribution in [-0.2, 0) is 9.47 Å². The Kier molecular flexibility index (Phi) is 3.61. The minimum Gasteiger partial charge on any atom is -0.379 e. The zero-order valence-corrected chi connectivity index (χ0v) is 13.8. The van der Waals surface area contributed by atoms with Gasteiger partial charge in [-0.1, -0.05) is 12.2 Å². The van der Waals surface area contributed by atoms with E-state index >= 15 is 0 Å². The highest BCUT2D eigenvalue weighted by Crippen LogP contribution is 2.59. The summed E-state index contributed by atoms with van der Waals surface area (Å²) in [6.45, 7) is 2.36. The SMILES string of the molecule is COC1CCC2CN(C)CC[C@@]34C=C[C@@H](Cl)CC3OC1C24. The fourth-order valence-corrected chi connectivity index (χ4v) is 5.71. The van der Waals surface area contributed by atoms with E-state index in [1.54, 1.807) is 0 Å². The normalized spacial score (nSPS) is 53.1. The van der Waals surface area contributed by atoms with Gasteiger partial charge in [-0.2, -0.15) is 0 Å². The molecule has 2 aliphatic heterocycles. The lowest BCUT2D eigenvalue weighted by molar-refractivity contribution is -0.0945. The van der Waals surface area contributed by atoms with Gasteiger partial charge < -0.3 is 14.4 Å². The summed E-state index contributed by atoms with van der Waals surface area (Å²) in [5.41, 5.74) is 0.197. The van der Waals surface area contributed by atoms with Crippen LogP contribution in [0.15, 0.2) is 12.2 Å². The first-order valence-corrected chi connectivity index (χ1v) is 8.78. The Morgan fingerprint density at radius 3 is 3.05 bits per heavy atom. The molecule has 4 rings (SSSR count). The van der Waals surface area contributed by atoms with Crippen LogP contribution in [0.4, 0.5) is 0 Å². The molecule has 1 spiro atoms. The highest BCUT2D eigenvalue weighted by Gasteiger charge is 2.62. The third kappa shape index (κ3) is 2.12. The Bertz CT molecular complexity index is 443. The van der Waals surface area contributed by atoms with Gasteiger partial charge in [-0.15, -0.1) is 11.6 Å². The van der Waals surface area contributed by atoms with E-state index in [0.717, 1.165) is 25.3 Å². The zero-order valence-electron chi connectivity index (χ0n) is 13.0. The summed E-state index contributed by atoms with van der Waals surface area (Å²) in [5, 5.41) is 0.126. The van der Waals surface area contributed by atoms with Gasteiger partial charge in [-0.25, -0.2) is 0 Å². The monoisotopic (exact) mass is 311 g/mol. The summed E-state index contributed by atoms with van der Waals surface area (Å²) in [6.07, 6.45) is 10.0. The summed E-state index contributed by atoms with van der Waals surface area (Å²) >= 11 is 6.39. The largest absolute Gasteiger partial charge is 0.379 e. The second kappa shape index (κ2) is 5.23. The lowest BCUT2D eigenvalue weighted by Gasteiger charge is -2.44. The summed E-state index contributed by atoms with van der Waals surface area (Å²) in [5.74, 6) is 1.34. The van der Waals surface area contributed by atoms with Gasteiger partial charge in [-0.05, 0) is 45.2 Å². The molecule has 118 valence electrons. The first-order valence-electron chi connectivity index (χ1n) is 8.34. The first kappa shape index (κ1) is 14.5. The van der Waals surface area contributed by atoms with E-state index in [9.17, 15) is 0 Å². The van der Waals surface area contributed by atoms with Crippen molar-refractivity contribution < 1.29 is 9.47 Å². The molecule has 0 radical (unpaired) electrons. The Morgan fingerprint density at radius 1 is 1.38 bits per heavy atom. The molecule has 21 heavy (non-hydrogen) atoms. The number of nitrogens with zero attached hydrogens (tertiary/aromatic N) is 1. The van der Waals surface area contributed by atoms with Crippen molar-refractivity contribution in [3.63, 3.8) is 0 Å². The van der Waals surface area contributed by atoms with Crippen molar-refractivity contribution in [2.24, 2.45) is 17.3 Å². The van der Waals surface area contributed by atoms with E-state index in [1.165, 1.54) is 19.4 Å². The molecular formula is C17H26ClNO2.